The van der Waals surface area contributed by atoms with Crippen LogP contribution in [-0.2, 0) is 12.7 Å². The molecule has 0 spiro atoms. The van der Waals surface area contributed by atoms with Crippen molar-refractivity contribution in [2.45, 2.75) is 56.7 Å². The van der Waals surface area contributed by atoms with Crippen LogP contribution >= 0.6 is 0 Å². The lowest BCUT2D eigenvalue weighted by Gasteiger charge is -2.20. The van der Waals surface area contributed by atoms with Gasteiger partial charge in [-0.05, 0) is 31.7 Å². The molecular formula is C15H15F3N4O2. The maximum absolute atomic E-state index is 13.1. The third kappa shape index (κ3) is 2.83. The molecule has 6 nitrogen and oxygen atoms in total. The first-order valence-electron chi connectivity index (χ1n) is 7.93. The standard InChI is InChI=1S/C15H15F3N4O2/c16-15(17,18)10-6-11(8-4-5-8)20-22(14(10)23)7-12-19-13(24-21-12)9-2-1-3-9/h6,8-9H,1-5,7H2. The average molecular weight is 340 g/mol. The number of hydrogen-bond acceptors (Lipinski definition) is 5. The number of hydrogen-bond donors (Lipinski definition) is 0. The molecule has 0 atom stereocenters. The Morgan fingerprint density at radius 3 is 2.54 bits per heavy atom. The van der Waals surface area contributed by atoms with E-state index in [-0.39, 0.29) is 24.2 Å². The molecule has 0 radical (unpaired) electrons. The predicted molar refractivity (Wildman–Crippen MR) is 75.5 cm³/mol. The van der Waals surface area contributed by atoms with Crippen molar-refractivity contribution in [3.63, 3.8) is 0 Å². The molecule has 24 heavy (non-hydrogen) atoms. The van der Waals surface area contributed by atoms with Crippen LogP contribution in [0.2, 0.25) is 0 Å². The molecule has 2 aliphatic rings. The molecule has 2 aromatic rings. The van der Waals surface area contributed by atoms with Gasteiger partial charge in [-0.25, -0.2) is 4.68 Å². The second-order valence-corrected chi connectivity index (χ2v) is 6.39. The number of aromatic nitrogens is 4. The van der Waals surface area contributed by atoms with Crippen LogP contribution in [0.25, 0.3) is 0 Å². The molecule has 0 unspecified atom stereocenters. The summed E-state index contributed by atoms with van der Waals surface area (Å²) in [5.41, 5.74) is -2.08. The first kappa shape index (κ1) is 15.3. The molecule has 2 aromatic heterocycles. The van der Waals surface area contributed by atoms with Gasteiger partial charge in [0.2, 0.25) is 5.89 Å². The SMILES string of the molecule is O=c1c(C(F)(F)F)cc(C2CC2)nn1Cc1noc(C2CCC2)n1. The zero-order valence-corrected chi connectivity index (χ0v) is 12.7. The van der Waals surface area contributed by atoms with E-state index in [0.717, 1.165) is 42.9 Å². The van der Waals surface area contributed by atoms with Gasteiger partial charge in [0.15, 0.2) is 5.82 Å². The number of halogens is 3. The lowest BCUT2D eigenvalue weighted by Crippen LogP contribution is -2.32. The molecule has 9 heteroatoms. The average Bonchev–Trinajstić information content (AvgIpc) is 3.20. The topological polar surface area (TPSA) is 73.8 Å². The summed E-state index contributed by atoms with van der Waals surface area (Å²) in [7, 11) is 0. The lowest BCUT2D eigenvalue weighted by atomic mass is 9.85. The summed E-state index contributed by atoms with van der Waals surface area (Å²) < 4.78 is 45.3. The Kier molecular flexibility index (Phi) is 3.47. The molecule has 128 valence electrons. The van der Waals surface area contributed by atoms with E-state index < -0.39 is 17.3 Å². The Hall–Kier alpha value is -2.19. The van der Waals surface area contributed by atoms with Gasteiger partial charge in [0.05, 0.1) is 5.69 Å². The van der Waals surface area contributed by atoms with E-state index >= 15 is 0 Å². The first-order valence-corrected chi connectivity index (χ1v) is 7.93. The Morgan fingerprint density at radius 1 is 1.21 bits per heavy atom. The highest BCUT2D eigenvalue weighted by molar-refractivity contribution is 5.22. The fourth-order valence-corrected chi connectivity index (χ4v) is 2.74. The van der Waals surface area contributed by atoms with Crippen LogP contribution < -0.4 is 5.56 Å². The maximum Gasteiger partial charge on any atom is 0.421 e. The highest BCUT2D eigenvalue weighted by atomic mass is 19.4. The molecule has 0 bridgehead atoms. The van der Waals surface area contributed by atoms with Crippen LogP contribution in [0, 0.1) is 0 Å². The van der Waals surface area contributed by atoms with Gasteiger partial charge in [-0.2, -0.15) is 23.3 Å². The van der Waals surface area contributed by atoms with Gasteiger partial charge in [0, 0.05) is 11.8 Å². The normalized spacial score (nSPS) is 18.6. The molecule has 0 saturated heterocycles. The van der Waals surface area contributed by atoms with Crippen LogP contribution in [0.5, 0.6) is 0 Å². The molecule has 2 aliphatic carbocycles. The zero-order valence-electron chi connectivity index (χ0n) is 12.7. The maximum atomic E-state index is 13.1. The van der Waals surface area contributed by atoms with Gasteiger partial charge >= 0.3 is 6.18 Å². The zero-order chi connectivity index (χ0) is 16.9. The summed E-state index contributed by atoms with van der Waals surface area (Å²) in [5, 5.41) is 7.84. The van der Waals surface area contributed by atoms with E-state index in [9.17, 15) is 18.0 Å². The molecule has 0 aromatic carbocycles. The smallest absolute Gasteiger partial charge is 0.339 e. The Morgan fingerprint density at radius 2 is 1.96 bits per heavy atom. The molecule has 4 rings (SSSR count). The largest absolute Gasteiger partial charge is 0.421 e. The van der Waals surface area contributed by atoms with E-state index in [1.807, 2.05) is 0 Å². The Bertz CT molecular complexity index is 819. The molecule has 0 aliphatic heterocycles. The Balaban J connectivity index is 1.67. The first-order chi connectivity index (χ1) is 11.4. The third-order valence-electron chi connectivity index (χ3n) is 4.52. The van der Waals surface area contributed by atoms with Gasteiger partial charge in [-0.1, -0.05) is 11.6 Å². The minimum absolute atomic E-state index is 0.00578. The van der Waals surface area contributed by atoms with E-state index in [1.54, 1.807) is 0 Å². The monoisotopic (exact) mass is 340 g/mol. The second-order valence-electron chi connectivity index (χ2n) is 6.39. The summed E-state index contributed by atoms with van der Waals surface area (Å²) in [6.07, 6.45) is -0.0982. The lowest BCUT2D eigenvalue weighted by molar-refractivity contribution is -0.139. The van der Waals surface area contributed by atoms with Crippen LogP contribution in [0.1, 0.15) is 66.9 Å². The molecule has 2 heterocycles. The van der Waals surface area contributed by atoms with Gasteiger partial charge in [-0.15, -0.1) is 0 Å². The van der Waals surface area contributed by atoms with Crippen molar-refractivity contribution in [2.24, 2.45) is 0 Å². The number of rotatable bonds is 4. The van der Waals surface area contributed by atoms with Gasteiger partial charge in [0.25, 0.3) is 5.56 Å². The fraction of sp³-hybridized carbons (Fsp3) is 0.600. The van der Waals surface area contributed by atoms with E-state index in [2.05, 4.69) is 15.2 Å². The minimum Gasteiger partial charge on any atom is -0.339 e. The van der Waals surface area contributed by atoms with Crippen molar-refractivity contribution in [3.05, 3.63) is 39.4 Å². The van der Waals surface area contributed by atoms with Crippen molar-refractivity contribution >= 4 is 0 Å². The fourth-order valence-electron chi connectivity index (χ4n) is 2.74. The molecule has 0 amide bonds. The van der Waals surface area contributed by atoms with Crippen LogP contribution in [0.15, 0.2) is 15.4 Å². The minimum atomic E-state index is -4.71. The quantitative estimate of drug-likeness (QED) is 0.856. The second kappa shape index (κ2) is 5.42. The predicted octanol–water partition coefficient (Wildman–Crippen LogP) is 2.84. The molecule has 2 saturated carbocycles. The molecule has 2 fully saturated rings. The van der Waals surface area contributed by atoms with Gasteiger partial charge in [0.1, 0.15) is 12.1 Å². The summed E-state index contributed by atoms with van der Waals surface area (Å²) in [5.74, 6) is 0.875. The van der Waals surface area contributed by atoms with Crippen molar-refractivity contribution < 1.29 is 17.7 Å². The van der Waals surface area contributed by atoms with E-state index in [4.69, 9.17) is 4.52 Å². The summed E-state index contributed by atoms with van der Waals surface area (Å²) in [4.78, 5) is 16.3. The van der Waals surface area contributed by atoms with Crippen molar-refractivity contribution in [1.29, 1.82) is 0 Å². The Labute approximate surface area is 134 Å². The van der Waals surface area contributed by atoms with Crippen LogP contribution in [0.3, 0.4) is 0 Å². The number of alkyl halides is 3. The van der Waals surface area contributed by atoms with E-state index in [1.165, 1.54) is 0 Å². The number of nitrogens with zero attached hydrogens (tertiary/aromatic N) is 4. The summed E-state index contributed by atoms with van der Waals surface area (Å²) in [6, 6.07) is 0.868. The van der Waals surface area contributed by atoms with Crippen LogP contribution in [-0.4, -0.2) is 19.9 Å². The summed E-state index contributed by atoms with van der Waals surface area (Å²) in [6.45, 7) is -0.224. The molecule has 0 N–H and O–H groups in total. The van der Waals surface area contributed by atoms with Crippen molar-refractivity contribution in [2.75, 3.05) is 0 Å². The van der Waals surface area contributed by atoms with E-state index in [0.29, 0.717) is 11.6 Å². The summed E-state index contributed by atoms with van der Waals surface area (Å²) >= 11 is 0. The third-order valence-corrected chi connectivity index (χ3v) is 4.52. The van der Waals surface area contributed by atoms with Crippen molar-refractivity contribution in [1.82, 2.24) is 19.9 Å². The highest BCUT2D eigenvalue weighted by Crippen LogP contribution is 2.40. The van der Waals surface area contributed by atoms with Gasteiger partial charge < -0.3 is 4.52 Å². The molecular weight excluding hydrogens is 325 g/mol. The van der Waals surface area contributed by atoms with Crippen LogP contribution in [0.4, 0.5) is 13.2 Å². The highest BCUT2D eigenvalue weighted by Gasteiger charge is 2.37. The van der Waals surface area contributed by atoms with Crippen molar-refractivity contribution in [3.8, 4) is 0 Å². The van der Waals surface area contributed by atoms with Gasteiger partial charge in [-0.3, -0.25) is 4.79 Å².